The molecule has 1 aromatic heterocycles. The Balaban J connectivity index is 1.69. The molecule has 0 aliphatic carbocycles. The van der Waals surface area contributed by atoms with Crippen LogP contribution in [0.1, 0.15) is 5.56 Å². The lowest BCUT2D eigenvalue weighted by Crippen LogP contribution is -2.27. The van der Waals surface area contributed by atoms with Crippen molar-refractivity contribution in [3.8, 4) is 0 Å². The smallest absolute Gasteiger partial charge is 0.250 e. The quantitative estimate of drug-likeness (QED) is 0.804. The van der Waals surface area contributed by atoms with E-state index in [1.54, 1.807) is 35.0 Å². The summed E-state index contributed by atoms with van der Waals surface area (Å²) in [5.41, 5.74) is 1.12. The summed E-state index contributed by atoms with van der Waals surface area (Å²) in [4.78, 5) is 11.4. The van der Waals surface area contributed by atoms with E-state index in [9.17, 15) is 9.18 Å². The molecule has 0 amide bonds. The van der Waals surface area contributed by atoms with E-state index < -0.39 is 0 Å². The van der Waals surface area contributed by atoms with Crippen LogP contribution in [-0.4, -0.2) is 17.7 Å². The molecule has 2 aromatic rings. The molecular formula is C15H17FN2O. The lowest BCUT2D eigenvalue weighted by Gasteiger charge is -2.07. The van der Waals surface area contributed by atoms with Crippen molar-refractivity contribution in [3.63, 3.8) is 0 Å². The van der Waals surface area contributed by atoms with Gasteiger partial charge in [0.25, 0.3) is 5.56 Å². The first-order valence-electron chi connectivity index (χ1n) is 6.36. The molecule has 0 bridgehead atoms. The monoisotopic (exact) mass is 260 g/mol. The molecule has 0 spiro atoms. The van der Waals surface area contributed by atoms with Gasteiger partial charge >= 0.3 is 0 Å². The maximum atomic E-state index is 12.7. The third kappa shape index (κ3) is 4.34. The summed E-state index contributed by atoms with van der Waals surface area (Å²) in [7, 11) is 0. The molecule has 4 heteroatoms. The largest absolute Gasteiger partial charge is 0.315 e. The molecule has 19 heavy (non-hydrogen) atoms. The van der Waals surface area contributed by atoms with Crippen LogP contribution in [0.15, 0.2) is 53.5 Å². The van der Waals surface area contributed by atoms with Crippen molar-refractivity contribution in [1.82, 2.24) is 9.88 Å². The summed E-state index contributed by atoms with van der Waals surface area (Å²) in [6.07, 6.45) is 2.63. The van der Waals surface area contributed by atoms with Crippen molar-refractivity contribution in [1.29, 1.82) is 0 Å². The molecule has 0 atom stereocenters. The molecule has 0 fully saturated rings. The fraction of sp³-hybridized carbons (Fsp3) is 0.267. The summed E-state index contributed by atoms with van der Waals surface area (Å²) in [6.45, 7) is 2.21. The van der Waals surface area contributed by atoms with Crippen LogP contribution in [0.2, 0.25) is 0 Å². The van der Waals surface area contributed by atoms with Crippen LogP contribution in [0.5, 0.6) is 0 Å². The van der Waals surface area contributed by atoms with Gasteiger partial charge in [0.05, 0.1) is 0 Å². The Hall–Kier alpha value is -1.94. The molecule has 3 nitrogen and oxygen atoms in total. The first kappa shape index (κ1) is 13.5. The molecular weight excluding hydrogens is 243 g/mol. The third-order valence-corrected chi connectivity index (χ3v) is 2.93. The second-order valence-electron chi connectivity index (χ2n) is 4.36. The van der Waals surface area contributed by atoms with Gasteiger partial charge in [-0.2, -0.15) is 0 Å². The minimum atomic E-state index is -0.208. The molecule has 100 valence electrons. The van der Waals surface area contributed by atoms with E-state index in [0.717, 1.165) is 25.1 Å². The van der Waals surface area contributed by atoms with Gasteiger partial charge in [-0.3, -0.25) is 4.79 Å². The zero-order chi connectivity index (χ0) is 13.5. The first-order chi connectivity index (χ1) is 9.25. The maximum absolute atomic E-state index is 12.7. The van der Waals surface area contributed by atoms with Gasteiger partial charge in [-0.1, -0.05) is 18.2 Å². The summed E-state index contributed by atoms with van der Waals surface area (Å²) < 4.78 is 14.4. The van der Waals surface area contributed by atoms with Crippen molar-refractivity contribution in [3.05, 3.63) is 70.4 Å². The fourth-order valence-electron chi connectivity index (χ4n) is 1.85. The summed E-state index contributed by atoms with van der Waals surface area (Å²) >= 11 is 0. The Morgan fingerprint density at radius 2 is 1.84 bits per heavy atom. The molecule has 0 aliphatic heterocycles. The molecule has 1 aromatic carbocycles. The number of rotatable bonds is 6. The minimum Gasteiger partial charge on any atom is -0.315 e. The van der Waals surface area contributed by atoms with Gasteiger partial charge in [-0.05, 0) is 36.7 Å². The highest BCUT2D eigenvalue weighted by molar-refractivity contribution is 5.16. The number of hydrogen-bond donors (Lipinski definition) is 1. The van der Waals surface area contributed by atoms with Crippen LogP contribution in [0.25, 0.3) is 0 Å². The van der Waals surface area contributed by atoms with Gasteiger partial charge < -0.3 is 9.88 Å². The standard InChI is InChI=1S/C15H17FN2O/c16-14-6-4-13(5-7-14)8-9-17-10-12-18-11-2-1-3-15(18)19/h1-7,11,17H,8-10,12H2. The van der Waals surface area contributed by atoms with Crippen molar-refractivity contribution < 1.29 is 4.39 Å². The molecule has 0 saturated carbocycles. The predicted octanol–water partition coefficient (Wildman–Crippen LogP) is 1.82. The fourth-order valence-corrected chi connectivity index (χ4v) is 1.85. The SMILES string of the molecule is O=c1ccccn1CCNCCc1ccc(F)cc1. The van der Waals surface area contributed by atoms with Crippen LogP contribution >= 0.6 is 0 Å². The van der Waals surface area contributed by atoms with Gasteiger partial charge in [0, 0.05) is 25.4 Å². The van der Waals surface area contributed by atoms with Gasteiger partial charge in [0.2, 0.25) is 0 Å². The summed E-state index contributed by atoms with van der Waals surface area (Å²) in [5, 5.41) is 3.27. The number of nitrogens with one attached hydrogen (secondary N) is 1. The highest BCUT2D eigenvalue weighted by atomic mass is 19.1. The van der Waals surface area contributed by atoms with Gasteiger partial charge in [0.15, 0.2) is 0 Å². The summed E-state index contributed by atoms with van der Waals surface area (Å²) in [6, 6.07) is 11.7. The van der Waals surface area contributed by atoms with E-state index in [2.05, 4.69) is 5.32 Å². The molecule has 0 unspecified atom stereocenters. The van der Waals surface area contributed by atoms with Crippen molar-refractivity contribution >= 4 is 0 Å². The Kier molecular flexibility index (Phi) is 4.86. The van der Waals surface area contributed by atoms with Crippen LogP contribution < -0.4 is 10.9 Å². The molecule has 0 aliphatic rings. The highest BCUT2D eigenvalue weighted by Crippen LogP contribution is 2.02. The zero-order valence-corrected chi connectivity index (χ0v) is 10.7. The van der Waals surface area contributed by atoms with Crippen LogP contribution in [-0.2, 0) is 13.0 Å². The minimum absolute atomic E-state index is 0.0165. The average molecular weight is 260 g/mol. The number of benzene rings is 1. The van der Waals surface area contributed by atoms with Crippen molar-refractivity contribution in [2.75, 3.05) is 13.1 Å². The molecule has 1 heterocycles. The lowest BCUT2D eigenvalue weighted by molar-refractivity contribution is 0.585. The molecule has 0 radical (unpaired) electrons. The van der Waals surface area contributed by atoms with Gasteiger partial charge in [-0.25, -0.2) is 4.39 Å². The van der Waals surface area contributed by atoms with Crippen LogP contribution in [0.3, 0.4) is 0 Å². The van der Waals surface area contributed by atoms with Gasteiger partial charge in [-0.15, -0.1) is 0 Å². The normalized spacial score (nSPS) is 10.6. The van der Waals surface area contributed by atoms with Gasteiger partial charge in [0.1, 0.15) is 5.82 Å². The Morgan fingerprint density at radius 3 is 2.58 bits per heavy atom. The number of halogens is 1. The van der Waals surface area contributed by atoms with E-state index >= 15 is 0 Å². The van der Waals surface area contributed by atoms with E-state index in [1.165, 1.54) is 12.1 Å². The Labute approximate surface area is 111 Å². The zero-order valence-electron chi connectivity index (χ0n) is 10.7. The molecule has 0 saturated heterocycles. The lowest BCUT2D eigenvalue weighted by atomic mass is 10.1. The molecule has 2 rings (SSSR count). The predicted molar refractivity (Wildman–Crippen MR) is 73.7 cm³/mol. The van der Waals surface area contributed by atoms with E-state index in [4.69, 9.17) is 0 Å². The molecule has 1 N–H and O–H groups in total. The van der Waals surface area contributed by atoms with E-state index in [0.29, 0.717) is 6.54 Å². The average Bonchev–Trinajstić information content (AvgIpc) is 2.42. The van der Waals surface area contributed by atoms with Crippen LogP contribution in [0.4, 0.5) is 4.39 Å². The van der Waals surface area contributed by atoms with Crippen molar-refractivity contribution in [2.24, 2.45) is 0 Å². The Morgan fingerprint density at radius 1 is 1.05 bits per heavy atom. The van der Waals surface area contributed by atoms with Crippen LogP contribution in [0, 0.1) is 5.82 Å². The number of nitrogens with zero attached hydrogens (tertiary/aromatic N) is 1. The highest BCUT2D eigenvalue weighted by Gasteiger charge is 1.95. The Bertz CT molecular complexity index is 563. The topological polar surface area (TPSA) is 34.0 Å². The van der Waals surface area contributed by atoms with E-state index in [-0.39, 0.29) is 11.4 Å². The number of pyridine rings is 1. The third-order valence-electron chi connectivity index (χ3n) is 2.93. The maximum Gasteiger partial charge on any atom is 0.250 e. The summed E-state index contributed by atoms with van der Waals surface area (Å²) in [5.74, 6) is -0.208. The number of hydrogen-bond acceptors (Lipinski definition) is 2. The second kappa shape index (κ2) is 6.85. The van der Waals surface area contributed by atoms with E-state index in [1.807, 2.05) is 6.07 Å². The first-order valence-corrected chi connectivity index (χ1v) is 6.36. The second-order valence-corrected chi connectivity index (χ2v) is 4.36. The van der Waals surface area contributed by atoms with Crippen molar-refractivity contribution in [2.45, 2.75) is 13.0 Å². The number of aromatic nitrogens is 1.